The van der Waals surface area contributed by atoms with Crippen LogP contribution in [0.4, 0.5) is 0 Å². The highest BCUT2D eigenvalue weighted by molar-refractivity contribution is 7.91. The fraction of sp³-hybridized carbons (Fsp3) is 0.857. The maximum absolute atomic E-state index is 11.1. The molecule has 0 aliphatic carbocycles. The monoisotopic (exact) mass is 223 g/mol. The van der Waals surface area contributed by atoms with Crippen molar-refractivity contribution >= 4 is 27.2 Å². The smallest absolute Gasteiger partial charge is 0.259 e. The van der Waals surface area contributed by atoms with Crippen molar-refractivity contribution in [3.63, 3.8) is 0 Å². The van der Waals surface area contributed by atoms with Gasteiger partial charge in [-0.15, -0.1) is 0 Å². The Morgan fingerprint density at radius 2 is 2.00 bits per heavy atom. The van der Waals surface area contributed by atoms with Crippen LogP contribution in [0.1, 0.15) is 6.92 Å². The van der Waals surface area contributed by atoms with Crippen LogP contribution in [-0.4, -0.2) is 49.7 Å². The SMILES string of the molecule is CCOC(=S)N1CCS(=O)(=O)CC1. The summed E-state index contributed by atoms with van der Waals surface area (Å²) in [5.41, 5.74) is 0. The van der Waals surface area contributed by atoms with Crippen molar-refractivity contribution in [2.24, 2.45) is 0 Å². The third-order valence-electron chi connectivity index (χ3n) is 1.87. The minimum atomic E-state index is -2.82. The molecule has 1 rings (SSSR count). The van der Waals surface area contributed by atoms with E-state index in [9.17, 15) is 8.42 Å². The first-order valence-corrected chi connectivity index (χ1v) is 6.40. The highest BCUT2D eigenvalue weighted by atomic mass is 32.2. The van der Waals surface area contributed by atoms with Gasteiger partial charge in [0.15, 0.2) is 9.84 Å². The van der Waals surface area contributed by atoms with Gasteiger partial charge in [0.05, 0.1) is 18.1 Å². The van der Waals surface area contributed by atoms with Crippen molar-refractivity contribution in [1.82, 2.24) is 4.90 Å². The molecule has 76 valence electrons. The minimum Gasteiger partial charge on any atom is -0.471 e. The fourth-order valence-electron chi connectivity index (χ4n) is 1.11. The van der Waals surface area contributed by atoms with E-state index in [4.69, 9.17) is 17.0 Å². The maximum Gasteiger partial charge on any atom is 0.259 e. The molecule has 1 saturated heterocycles. The first-order chi connectivity index (χ1) is 6.05. The number of sulfone groups is 1. The molecule has 0 aromatic heterocycles. The van der Waals surface area contributed by atoms with Crippen LogP contribution < -0.4 is 0 Å². The molecule has 13 heavy (non-hydrogen) atoms. The van der Waals surface area contributed by atoms with Crippen LogP contribution in [0.3, 0.4) is 0 Å². The molecular formula is C7H13NO3S2. The summed E-state index contributed by atoms with van der Waals surface area (Å²) >= 11 is 4.96. The lowest BCUT2D eigenvalue weighted by Gasteiger charge is -2.27. The number of hydrogen-bond donors (Lipinski definition) is 0. The Hall–Kier alpha value is -0.360. The molecule has 1 aliphatic rings. The predicted molar refractivity (Wildman–Crippen MR) is 54.5 cm³/mol. The van der Waals surface area contributed by atoms with E-state index < -0.39 is 9.84 Å². The van der Waals surface area contributed by atoms with Gasteiger partial charge in [0.25, 0.3) is 5.17 Å². The second kappa shape index (κ2) is 4.23. The molecule has 0 spiro atoms. The molecule has 0 atom stereocenters. The molecule has 6 heteroatoms. The molecule has 0 amide bonds. The van der Waals surface area contributed by atoms with E-state index in [1.165, 1.54) is 0 Å². The predicted octanol–water partition coefficient (Wildman–Crippen LogP) is 0.0382. The Morgan fingerprint density at radius 3 is 2.46 bits per heavy atom. The first-order valence-electron chi connectivity index (χ1n) is 4.17. The topological polar surface area (TPSA) is 46.6 Å². The standard InChI is InChI=1S/C7H13NO3S2/c1-2-11-7(12)8-3-5-13(9,10)6-4-8/h2-6H2,1H3. The third kappa shape index (κ3) is 3.11. The molecule has 0 bridgehead atoms. The minimum absolute atomic E-state index is 0.181. The summed E-state index contributed by atoms with van der Waals surface area (Å²) in [6.07, 6.45) is 0. The van der Waals surface area contributed by atoms with E-state index in [2.05, 4.69) is 0 Å². The van der Waals surface area contributed by atoms with Crippen molar-refractivity contribution in [2.75, 3.05) is 31.2 Å². The molecule has 4 nitrogen and oxygen atoms in total. The maximum atomic E-state index is 11.1. The van der Waals surface area contributed by atoms with Crippen molar-refractivity contribution in [3.05, 3.63) is 0 Å². The lowest BCUT2D eigenvalue weighted by Crippen LogP contribution is -2.43. The summed E-state index contributed by atoms with van der Waals surface area (Å²) in [5, 5.41) is 0.414. The van der Waals surface area contributed by atoms with Gasteiger partial charge in [0, 0.05) is 13.1 Å². The molecular weight excluding hydrogens is 210 g/mol. The number of rotatable bonds is 1. The zero-order chi connectivity index (χ0) is 9.90. The van der Waals surface area contributed by atoms with Crippen molar-refractivity contribution in [2.45, 2.75) is 6.92 Å². The average Bonchev–Trinajstić information content (AvgIpc) is 2.04. The summed E-state index contributed by atoms with van der Waals surface area (Å²) in [5.74, 6) is 0.362. The quantitative estimate of drug-likeness (QED) is 0.587. The van der Waals surface area contributed by atoms with E-state index >= 15 is 0 Å². The van der Waals surface area contributed by atoms with Crippen LogP contribution in [0.25, 0.3) is 0 Å². The van der Waals surface area contributed by atoms with E-state index in [0.29, 0.717) is 24.9 Å². The first kappa shape index (κ1) is 10.7. The highest BCUT2D eigenvalue weighted by Crippen LogP contribution is 2.05. The van der Waals surface area contributed by atoms with Crippen molar-refractivity contribution < 1.29 is 13.2 Å². The number of hydrogen-bond acceptors (Lipinski definition) is 4. The summed E-state index contributed by atoms with van der Waals surface area (Å²) in [6, 6.07) is 0. The van der Waals surface area contributed by atoms with E-state index in [1.807, 2.05) is 6.92 Å². The summed E-state index contributed by atoms with van der Waals surface area (Å²) in [7, 11) is -2.82. The van der Waals surface area contributed by atoms with Gasteiger partial charge >= 0.3 is 0 Å². The molecule has 0 N–H and O–H groups in total. The van der Waals surface area contributed by atoms with E-state index in [1.54, 1.807) is 4.90 Å². The molecule has 0 unspecified atom stereocenters. The normalized spacial score (nSPS) is 21.2. The van der Waals surface area contributed by atoms with Crippen LogP contribution in [0.15, 0.2) is 0 Å². The zero-order valence-corrected chi connectivity index (χ0v) is 9.16. The van der Waals surface area contributed by atoms with Gasteiger partial charge in [0.1, 0.15) is 0 Å². The van der Waals surface area contributed by atoms with Gasteiger partial charge in [-0.05, 0) is 19.1 Å². The third-order valence-corrected chi connectivity index (χ3v) is 3.86. The molecule has 0 aromatic rings. The Morgan fingerprint density at radius 1 is 1.46 bits per heavy atom. The van der Waals surface area contributed by atoms with Crippen LogP contribution in [0.5, 0.6) is 0 Å². The van der Waals surface area contributed by atoms with Crippen LogP contribution in [-0.2, 0) is 14.6 Å². The van der Waals surface area contributed by atoms with E-state index in [0.717, 1.165) is 0 Å². The van der Waals surface area contributed by atoms with Gasteiger partial charge < -0.3 is 9.64 Å². The molecule has 0 aromatic carbocycles. The molecule has 1 heterocycles. The highest BCUT2D eigenvalue weighted by Gasteiger charge is 2.23. The summed E-state index contributed by atoms with van der Waals surface area (Å²) < 4.78 is 27.2. The van der Waals surface area contributed by atoms with Crippen LogP contribution in [0.2, 0.25) is 0 Å². The molecule has 1 aliphatic heterocycles. The molecule has 1 fully saturated rings. The van der Waals surface area contributed by atoms with Gasteiger partial charge in [-0.2, -0.15) is 0 Å². The Labute approximate surface area is 83.8 Å². The van der Waals surface area contributed by atoms with Crippen molar-refractivity contribution in [3.8, 4) is 0 Å². The molecule has 0 saturated carbocycles. The lowest BCUT2D eigenvalue weighted by molar-refractivity contribution is 0.261. The fourth-order valence-corrected chi connectivity index (χ4v) is 2.61. The number of ether oxygens (including phenoxy) is 1. The average molecular weight is 223 g/mol. The van der Waals surface area contributed by atoms with Gasteiger partial charge in [-0.1, -0.05) is 0 Å². The molecule has 0 radical (unpaired) electrons. The zero-order valence-electron chi connectivity index (χ0n) is 7.52. The second-order valence-electron chi connectivity index (χ2n) is 2.84. The second-order valence-corrected chi connectivity index (χ2v) is 5.49. The van der Waals surface area contributed by atoms with Crippen LogP contribution in [0, 0.1) is 0 Å². The van der Waals surface area contributed by atoms with Gasteiger partial charge in [-0.25, -0.2) is 8.42 Å². The van der Waals surface area contributed by atoms with Crippen LogP contribution >= 0.6 is 12.2 Å². The van der Waals surface area contributed by atoms with Crippen molar-refractivity contribution in [1.29, 1.82) is 0 Å². The Kier molecular flexibility index (Phi) is 3.49. The summed E-state index contributed by atoms with van der Waals surface area (Å²) in [4.78, 5) is 1.79. The Balaban J connectivity index is 2.45. The largest absolute Gasteiger partial charge is 0.471 e. The number of thiocarbonyl (C=S) groups is 1. The number of nitrogens with zero attached hydrogens (tertiary/aromatic N) is 1. The van der Waals surface area contributed by atoms with Gasteiger partial charge in [-0.3, -0.25) is 0 Å². The Bertz CT molecular complexity index is 272. The lowest BCUT2D eigenvalue weighted by atomic mass is 10.5. The summed E-state index contributed by atoms with van der Waals surface area (Å²) in [6.45, 7) is 3.30. The van der Waals surface area contributed by atoms with E-state index in [-0.39, 0.29) is 11.5 Å². The van der Waals surface area contributed by atoms with Gasteiger partial charge in [0.2, 0.25) is 0 Å².